The van der Waals surface area contributed by atoms with Crippen molar-refractivity contribution in [3.63, 3.8) is 0 Å². The van der Waals surface area contributed by atoms with Gasteiger partial charge in [-0.2, -0.15) is 5.10 Å². The molecule has 0 saturated carbocycles. The average Bonchev–Trinajstić information content (AvgIpc) is 3.62. The summed E-state index contributed by atoms with van der Waals surface area (Å²) in [4.78, 5) is 28.4. The van der Waals surface area contributed by atoms with Crippen molar-refractivity contribution in [1.82, 2.24) is 15.1 Å². The summed E-state index contributed by atoms with van der Waals surface area (Å²) in [6, 6.07) is 19.8. The van der Waals surface area contributed by atoms with Gasteiger partial charge in [-0.15, -0.1) is 11.8 Å². The molecule has 2 unspecified atom stereocenters. The van der Waals surface area contributed by atoms with Crippen LogP contribution < -0.4 is 10.2 Å². The van der Waals surface area contributed by atoms with E-state index >= 15 is 4.39 Å². The van der Waals surface area contributed by atoms with Crippen LogP contribution >= 0.6 is 23.4 Å². The number of anilines is 1. The molecule has 1 fully saturated rings. The highest BCUT2D eigenvalue weighted by molar-refractivity contribution is 8.00. The maximum atomic E-state index is 15.4. The Morgan fingerprint density at radius 1 is 1.10 bits per heavy atom. The molecule has 2 aliphatic heterocycles. The number of carbonyl (C=O) groups is 2. The van der Waals surface area contributed by atoms with Gasteiger partial charge in [0, 0.05) is 35.9 Å². The zero-order chi connectivity index (χ0) is 29.2. The maximum absolute atomic E-state index is 15.4. The number of aromatic nitrogens is 2. The molecule has 6 rings (SSSR count). The van der Waals surface area contributed by atoms with Gasteiger partial charge < -0.3 is 10.1 Å². The normalized spacial score (nSPS) is 18.5. The number of nitrogens with zero attached hydrogens (tertiary/aromatic N) is 3. The van der Waals surface area contributed by atoms with Gasteiger partial charge in [0.05, 0.1) is 33.5 Å². The van der Waals surface area contributed by atoms with Gasteiger partial charge in [0.2, 0.25) is 11.8 Å². The third kappa shape index (κ3) is 5.66. The highest BCUT2D eigenvalue weighted by Crippen LogP contribution is 2.49. The Hall–Kier alpha value is -3.73. The molecule has 11 heteroatoms. The number of fused-ring (bicyclic) bond motifs is 1. The van der Waals surface area contributed by atoms with E-state index in [4.69, 9.17) is 21.4 Å². The number of hydrogen-bond donors (Lipinski definition) is 1. The monoisotopic (exact) mass is 608 g/mol. The average molecular weight is 609 g/mol. The summed E-state index contributed by atoms with van der Waals surface area (Å²) < 4.78 is 36.5. The molecule has 3 heterocycles. The first-order valence-corrected chi connectivity index (χ1v) is 15.0. The van der Waals surface area contributed by atoms with Crippen LogP contribution in [0.15, 0.2) is 72.8 Å². The van der Waals surface area contributed by atoms with Crippen molar-refractivity contribution in [3.05, 3.63) is 101 Å². The molecule has 42 heavy (non-hydrogen) atoms. The van der Waals surface area contributed by atoms with E-state index in [1.54, 1.807) is 28.9 Å². The quantitative estimate of drug-likeness (QED) is 0.281. The second-order valence-electron chi connectivity index (χ2n) is 10.1. The van der Waals surface area contributed by atoms with E-state index in [2.05, 4.69) is 5.32 Å². The summed E-state index contributed by atoms with van der Waals surface area (Å²) in [6.07, 6.45) is 1.73. The van der Waals surface area contributed by atoms with Crippen LogP contribution in [0, 0.1) is 11.6 Å². The van der Waals surface area contributed by atoms with E-state index < -0.39 is 16.9 Å². The summed E-state index contributed by atoms with van der Waals surface area (Å²) in [5.74, 6) is -1.91. The van der Waals surface area contributed by atoms with Crippen LogP contribution in [0.4, 0.5) is 14.6 Å². The van der Waals surface area contributed by atoms with Crippen molar-refractivity contribution >= 4 is 41.0 Å². The van der Waals surface area contributed by atoms with Gasteiger partial charge in [0.15, 0.2) is 0 Å². The zero-order valence-corrected chi connectivity index (χ0v) is 24.0. The molecule has 2 aliphatic rings. The number of hydrogen-bond acceptors (Lipinski definition) is 5. The van der Waals surface area contributed by atoms with Crippen LogP contribution in [0.25, 0.3) is 16.9 Å². The van der Waals surface area contributed by atoms with Crippen LogP contribution in [0.5, 0.6) is 0 Å². The lowest BCUT2D eigenvalue weighted by atomic mass is 9.99. The molecule has 1 saturated heterocycles. The highest BCUT2D eigenvalue weighted by Gasteiger charge is 2.39. The van der Waals surface area contributed by atoms with Gasteiger partial charge in [-0.3, -0.25) is 14.5 Å². The SMILES string of the molecule is O=C(CN1C(=O)CSC(c2ccc(F)cc2F)c2c(-c3ccccc3)nn(-c3ccccc3Cl)c21)NCC1CCCO1. The number of halogens is 3. The lowest BCUT2D eigenvalue weighted by molar-refractivity contribution is -0.123. The standard InChI is InChI=1S/C31H27ClF2N4O3S/c32-23-10-4-5-11-25(23)38-31-28(29(36-38)19-7-2-1-3-8-19)30(22-13-12-20(33)15-24(22)34)42-18-27(40)37(31)17-26(39)35-16-21-9-6-14-41-21/h1-5,7-8,10-13,15,21,30H,6,9,14,16-18H2,(H,35,39). The smallest absolute Gasteiger partial charge is 0.240 e. The molecule has 0 aliphatic carbocycles. The van der Waals surface area contributed by atoms with E-state index in [0.29, 0.717) is 40.9 Å². The predicted molar refractivity (Wildman–Crippen MR) is 159 cm³/mol. The molecule has 4 aromatic rings. The molecule has 3 aromatic carbocycles. The largest absolute Gasteiger partial charge is 0.376 e. The Morgan fingerprint density at radius 3 is 2.62 bits per heavy atom. The first-order valence-electron chi connectivity index (χ1n) is 13.6. The Kier molecular flexibility index (Phi) is 8.28. The Bertz CT molecular complexity index is 1630. The minimum Gasteiger partial charge on any atom is -0.376 e. The number of amides is 2. The number of para-hydroxylation sites is 1. The fourth-order valence-corrected chi connectivity index (χ4v) is 6.75. The van der Waals surface area contributed by atoms with E-state index in [9.17, 15) is 14.0 Å². The first-order chi connectivity index (χ1) is 20.4. The van der Waals surface area contributed by atoms with Gasteiger partial charge >= 0.3 is 0 Å². The number of carbonyl (C=O) groups excluding carboxylic acids is 2. The second kappa shape index (κ2) is 12.2. The summed E-state index contributed by atoms with van der Waals surface area (Å²) in [6.45, 7) is 0.708. The van der Waals surface area contributed by atoms with Crippen LogP contribution in [-0.2, 0) is 14.3 Å². The Labute approximate surface area is 250 Å². The molecule has 1 aromatic heterocycles. The summed E-state index contributed by atoms with van der Waals surface area (Å²) >= 11 is 7.84. The highest BCUT2D eigenvalue weighted by atomic mass is 35.5. The predicted octanol–water partition coefficient (Wildman–Crippen LogP) is 5.94. The van der Waals surface area contributed by atoms with Crippen LogP contribution in [0.3, 0.4) is 0 Å². The third-order valence-corrected chi connectivity index (χ3v) is 8.87. The second-order valence-corrected chi connectivity index (χ2v) is 11.6. The minimum atomic E-state index is -0.740. The van der Waals surface area contributed by atoms with Crippen molar-refractivity contribution in [2.45, 2.75) is 24.2 Å². The first kappa shape index (κ1) is 28.4. The molecule has 1 N–H and O–H groups in total. The number of nitrogens with one attached hydrogen (secondary N) is 1. The van der Waals surface area contributed by atoms with Gasteiger partial charge in [-0.1, -0.05) is 60.1 Å². The summed E-state index contributed by atoms with van der Waals surface area (Å²) in [5, 5.41) is 7.46. The van der Waals surface area contributed by atoms with Gasteiger partial charge in [0.25, 0.3) is 0 Å². The lowest BCUT2D eigenvalue weighted by Crippen LogP contribution is -2.44. The fourth-order valence-electron chi connectivity index (χ4n) is 5.31. The fraction of sp³-hybridized carbons (Fsp3) is 0.258. The van der Waals surface area contributed by atoms with Crippen molar-refractivity contribution in [2.75, 3.05) is 30.3 Å². The number of rotatable bonds is 7. The molecular formula is C31H27ClF2N4O3S. The topological polar surface area (TPSA) is 76.5 Å². The number of benzene rings is 3. The molecule has 0 bridgehead atoms. The summed E-state index contributed by atoms with van der Waals surface area (Å²) in [5.41, 5.74) is 2.43. The zero-order valence-electron chi connectivity index (χ0n) is 22.4. The molecule has 216 valence electrons. The minimum absolute atomic E-state index is 0.0497. The maximum Gasteiger partial charge on any atom is 0.240 e. The molecule has 2 atom stereocenters. The van der Waals surface area contributed by atoms with Crippen LogP contribution in [0.2, 0.25) is 5.02 Å². The van der Waals surface area contributed by atoms with E-state index in [-0.39, 0.29) is 35.8 Å². The van der Waals surface area contributed by atoms with Crippen molar-refractivity contribution in [1.29, 1.82) is 0 Å². The third-order valence-electron chi connectivity index (χ3n) is 7.31. The van der Waals surface area contributed by atoms with Gasteiger partial charge in [0.1, 0.15) is 24.0 Å². The van der Waals surface area contributed by atoms with E-state index in [1.807, 2.05) is 30.3 Å². The number of thioether (sulfide) groups is 1. The summed E-state index contributed by atoms with van der Waals surface area (Å²) in [7, 11) is 0. The van der Waals surface area contributed by atoms with Crippen LogP contribution in [0.1, 0.15) is 29.2 Å². The van der Waals surface area contributed by atoms with Crippen molar-refractivity contribution in [3.8, 4) is 16.9 Å². The van der Waals surface area contributed by atoms with Crippen molar-refractivity contribution in [2.24, 2.45) is 0 Å². The number of ether oxygens (including phenoxy) is 1. The van der Waals surface area contributed by atoms with E-state index in [1.165, 1.54) is 28.8 Å². The molecular weight excluding hydrogens is 582 g/mol. The molecule has 2 amide bonds. The molecule has 7 nitrogen and oxygen atoms in total. The van der Waals surface area contributed by atoms with E-state index in [0.717, 1.165) is 24.5 Å². The Balaban J connectivity index is 1.54. The molecule has 0 radical (unpaired) electrons. The lowest BCUT2D eigenvalue weighted by Gasteiger charge is -2.24. The van der Waals surface area contributed by atoms with Gasteiger partial charge in [-0.05, 0) is 31.0 Å². The van der Waals surface area contributed by atoms with Crippen LogP contribution in [-0.4, -0.2) is 53.1 Å². The van der Waals surface area contributed by atoms with Gasteiger partial charge in [-0.25, -0.2) is 13.5 Å². The molecule has 0 spiro atoms. The Morgan fingerprint density at radius 2 is 1.88 bits per heavy atom. The van der Waals surface area contributed by atoms with Crippen molar-refractivity contribution < 1.29 is 23.1 Å².